The molecule has 2 N–H and O–H groups in total. The van der Waals surface area contributed by atoms with Crippen LogP contribution in [-0.2, 0) is 4.74 Å². The molecule has 1 aromatic heterocycles. The lowest BCUT2D eigenvalue weighted by atomic mass is 10.2. The second-order valence-corrected chi connectivity index (χ2v) is 6.70. The Labute approximate surface area is 162 Å². The van der Waals surface area contributed by atoms with Crippen LogP contribution in [0.1, 0.15) is 28.9 Å². The zero-order chi connectivity index (χ0) is 19.4. The maximum atomic E-state index is 12.1. The number of nitrogens with two attached hydrogens (primary N) is 1. The van der Waals surface area contributed by atoms with Crippen LogP contribution in [0.2, 0.25) is 5.02 Å². The number of halogens is 1. The first-order valence-corrected chi connectivity index (χ1v) is 9.07. The number of likely N-dealkylation sites (tertiary alicyclic amines) is 1. The van der Waals surface area contributed by atoms with Gasteiger partial charge in [0.15, 0.2) is 5.69 Å². The van der Waals surface area contributed by atoms with E-state index in [4.69, 9.17) is 26.8 Å². The van der Waals surface area contributed by atoms with Crippen LogP contribution in [0.5, 0.6) is 5.75 Å². The maximum absolute atomic E-state index is 12.1. The van der Waals surface area contributed by atoms with Crippen molar-refractivity contribution < 1.29 is 14.3 Å². The Kier molecular flexibility index (Phi) is 5.89. The lowest BCUT2D eigenvalue weighted by Crippen LogP contribution is -2.25. The fourth-order valence-electron chi connectivity index (χ4n) is 3.17. The van der Waals surface area contributed by atoms with Gasteiger partial charge < -0.3 is 19.8 Å². The normalized spacial score (nSPS) is 14.1. The van der Waals surface area contributed by atoms with Gasteiger partial charge in [-0.1, -0.05) is 11.6 Å². The fraction of sp³-hybridized carbons (Fsp3) is 0.368. The van der Waals surface area contributed by atoms with Gasteiger partial charge in [0.1, 0.15) is 18.4 Å². The summed E-state index contributed by atoms with van der Waals surface area (Å²) in [6, 6.07) is 7.13. The molecular weight excluding hydrogens is 368 g/mol. The Balaban J connectivity index is 1.81. The number of benzene rings is 1. The number of nitrogens with zero attached hydrogens (tertiary/aromatic N) is 3. The lowest BCUT2D eigenvalue weighted by molar-refractivity contribution is 0.0593. The molecule has 1 aromatic carbocycles. The molecule has 2 aromatic rings. The summed E-state index contributed by atoms with van der Waals surface area (Å²) < 4.78 is 12.1. The average Bonchev–Trinajstić information content (AvgIpc) is 3.30. The number of carbonyl (C=O) groups excluding carboxylic acids is 1. The first-order valence-electron chi connectivity index (χ1n) is 8.69. The molecule has 0 saturated carbocycles. The van der Waals surface area contributed by atoms with Crippen molar-refractivity contribution in [3.63, 3.8) is 0 Å². The molecule has 0 amide bonds. The topological polar surface area (TPSA) is 93.5 Å². The van der Waals surface area contributed by atoms with Crippen LogP contribution in [0, 0.1) is 11.3 Å². The Morgan fingerprint density at radius 2 is 2.11 bits per heavy atom. The smallest absolute Gasteiger partial charge is 0.357 e. The van der Waals surface area contributed by atoms with Gasteiger partial charge in [-0.15, -0.1) is 0 Å². The number of rotatable bonds is 6. The first kappa shape index (κ1) is 19.1. The Morgan fingerprint density at radius 1 is 1.37 bits per heavy atom. The van der Waals surface area contributed by atoms with Crippen molar-refractivity contribution in [2.45, 2.75) is 12.8 Å². The summed E-state index contributed by atoms with van der Waals surface area (Å²) in [4.78, 5) is 14.4. The average molecular weight is 389 g/mol. The Bertz CT molecular complexity index is 882. The number of anilines is 1. The minimum atomic E-state index is -0.629. The highest BCUT2D eigenvalue weighted by Gasteiger charge is 2.22. The molecule has 1 aliphatic rings. The third-order valence-corrected chi connectivity index (χ3v) is 4.90. The minimum absolute atomic E-state index is 0.0754. The largest absolute Gasteiger partial charge is 0.491 e. The summed E-state index contributed by atoms with van der Waals surface area (Å²) in [5.74, 6) is -0.0593. The van der Waals surface area contributed by atoms with Gasteiger partial charge in [0.25, 0.3) is 0 Å². The number of hydrogen-bond donors (Lipinski definition) is 1. The zero-order valence-electron chi connectivity index (χ0n) is 15.1. The number of carbonyl (C=O) groups is 1. The summed E-state index contributed by atoms with van der Waals surface area (Å²) in [5, 5.41) is 9.61. The molecule has 0 spiro atoms. The van der Waals surface area contributed by atoms with E-state index in [1.54, 1.807) is 18.2 Å². The van der Waals surface area contributed by atoms with E-state index in [1.165, 1.54) is 30.7 Å². The fourth-order valence-corrected chi connectivity index (χ4v) is 3.40. The second kappa shape index (κ2) is 8.33. The summed E-state index contributed by atoms with van der Waals surface area (Å²) in [6.07, 6.45) is 3.96. The van der Waals surface area contributed by atoms with Gasteiger partial charge in [0, 0.05) is 18.4 Å². The van der Waals surface area contributed by atoms with Gasteiger partial charge in [-0.05, 0) is 44.1 Å². The zero-order valence-corrected chi connectivity index (χ0v) is 15.8. The minimum Gasteiger partial charge on any atom is -0.491 e. The van der Waals surface area contributed by atoms with Crippen molar-refractivity contribution in [2.24, 2.45) is 0 Å². The van der Waals surface area contributed by atoms with Crippen LogP contribution in [-0.4, -0.2) is 48.8 Å². The molecular formula is C19H21ClN4O3. The molecule has 0 atom stereocenters. The molecule has 27 heavy (non-hydrogen) atoms. The predicted octanol–water partition coefficient (Wildman–Crippen LogP) is 2.85. The molecule has 1 saturated heterocycles. The molecule has 0 aliphatic carbocycles. The summed E-state index contributed by atoms with van der Waals surface area (Å²) in [6.45, 7) is 3.65. The van der Waals surface area contributed by atoms with Crippen LogP contribution < -0.4 is 10.5 Å². The van der Waals surface area contributed by atoms with E-state index in [9.17, 15) is 10.1 Å². The highest BCUT2D eigenvalue weighted by atomic mass is 35.5. The Hall–Kier alpha value is -2.69. The van der Waals surface area contributed by atoms with Crippen molar-refractivity contribution in [2.75, 3.05) is 39.1 Å². The second-order valence-electron chi connectivity index (χ2n) is 6.29. The predicted molar refractivity (Wildman–Crippen MR) is 102 cm³/mol. The molecule has 142 valence electrons. The highest BCUT2D eigenvalue weighted by molar-refractivity contribution is 6.32. The molecule has 1 aliphatic heterocycles. The highest BCUT2D eigenvalue weighted by Crippen LogP contribution is 2.30. The van der Waals surface area contributed by atoms with E-state index in [2.05, 4.69) is 4.90 Å². The summed E-state index contributed by atoms with van der Waals surface area (Å²) >= 11 is 6.36. The number of ether oxygens (including phenoxy) is 2. The van der Waals surface area contributed by atoms with Gasteiger partial charge in [0.2, 0.25) is 0 Å². The molecule has 3 rings (SSSR count). The van der Waals surface area contributed by atoms with Gasteiger partial charge in [0.05, 0.1) is 23.4 Å². The van der Waals surface area contributed by atoms with Gasteiger partial charge >= 0.3 is 5.97 Å². The van der Waals surface area contributed by atoms with Crippen LogP contribution in [0.15, 0.2) is 24.4 Å². The van der Waals surface area contributed by atoms with E-state index in [0.717, 1.165) is 19.6 Å². The van der Waals surface area contributed by atoms with E-state index < -0.39 is 5.97 Å². The SMILES string of the molecule is COC(=O)c1c(N)c(C#N)cn1-c1ccc(OCCN2CCCC2)c(Cl)c1. The first-order chi connectivity index (χ1) is 13.0. The molecule has 7 nitrogen and oxygen atoms in total. The summed E-state index contributed by atoms with van der Waals surface area (Å²) in [7, 11) is 1.26. The third kappa shape index (κ3) is 4.02. The molecule has 0 radical (unpaired) electrons. The van der Waals surface area contributed by atoms with E-state index in [-0.39, 0.29) is 16.9 Å². The van der Waals surface area contributed by atoms with Crippen molar-refractivity contribution in [3.8, 4) is 17.5 Å². The third-order valence-electron chi connectivity index (χ3n) is 4.60. The van der Waals surface area contributed by atoms with Crippen LogP contribution in [0.25, 0.3) is 5.69 Å². The number of hydrogen-bond acceptors (Lipinski definition) is 6. The van der Waals surface area contributed by atoms with Crippen LogP contribution in [0.4, 0.5) is 5.69 Å². The molecule has 0 bridgehead atoms. The van der Waals surface area contributed by atoms with Crippen LogP contribution in [0.3, 0.4) is 0 Å². The number of esters is 1. The maximum Gasteiger partial charge on any atom is 0.357 e. The van der Waals surface area contributed by atoms with Crippen molar-refractivity contribution >= 4 is 23.3 Å². The number of nitriles is 1. The number of nitrogen functional groups attached to an aromatic ring is 1. The van der Waals surface area contributed by atoms with E-state index >= 15 is 0 Å². The van der Waals surface area contributed by atoms with E-state index in [1.807, 2.05) is 6.07 Å². The summed E-state index contributed by atoms with van der Waals surface area (Å²) in [5.41, 5.74) is 6.86. The van der Waals surface area contributed by atoms with Crippen LogP contribution >= 0.6 is 11.6 Å². The molecule has 0 unspecified atom stereocenters. The van der Waals surface area contributed by atoms with Crippen molar-refractivity contribution in [1.82, 2.24) is 9.47 Å². The van der Waals surface area contributed by atoms with Crippen molar-refractivity contribution in [1.29, 1.82) is 5.26 Å². The molecule has 2 heterocycles. The monoisotopic (exact) mass is 388 g/mol. The van der Waals surface area contributed by atoms with E-state index in [0.29, 0.717) is 23.1 Å². The molecule has 8 heteroatoms. The standard InChI is InChI=1S/C19H21ClN4O3/c1-26-19(25)18-17(22)13(11-21)12-24(18)14-4-5-16(15(20)10-14)27-9-8-23-6-2-3-7-23/h4-5,10,12H,2-3,6-9,22H2,1H3. The van der Waals surface area contributed by atoms with Gasteiger partial charge in [-0.3, -0.25) is 4.90 Å². The Morgan fingerprint density at radius 3 is 2.74 bits per heavy atom. The number of methoxy groups -OCH3 is 1. The number of aromatic nitrogens is 1. The quantitative estimate of drug-likeness (QED) is 0.765. The van der Waals surface area contributed by atoms with Gasteiger partial charge in [-0.2, -0.15) is 5.26 Å². The molecule has 1 fully saturated rings. The van der Waals surface area contributed by atoms with Gasteiger partial charge in [-0.25, -0.2) is 4.79 Å². The van der Waals surface area contributed by atoms with Crippen molar-refractivity contribution in [3.05, 3.63) is 40.7 Å². The lowest BCUT2D eigenvalue weighted by Gasteiger charge is -2.16.